The third kappa shape index (κ3) is 3.25. The first-order valence-corrected chi connectivity index (χ1v) is 6.31. The summed E-state index contributed by atoms with van der Waals surface area (Å²) in [6.07, 6.45) is 0. The summed E-state index contributed by atoms with van der Waals surface area (Å²) in [5.41, 5.74) is 0.598. The lowest BCUT2D eigenvalue weighted by molar-refractivity contribution is 0.0951. The molecule has 0 heterocycles. The maximum atomic E-state index is 13.5. The number of amides is 1. The van der Waals surface area contributed by atoms with Gasteiger partial charge >= 0.3 is 0 Å². The lowest BCUT2D eigenvalue weighted by Gasteiger charge is -2.08. The molecule has 2 aromatic carbocycles. The molecule has 2 nitrogen and oxygen atoms in total. The van der Waals surface area contributed by atoms with Gasteiger partial charge in [0.25, 0.3) is 5.91 Å². The van der Waals surface area contributed by atoms with Gasteiger partial charge in [0, 0.05) is 17.1 Å². The normalized spacial score (nSPS) is 10.3. The Morgan fingerprint density at radius 1 is 1.05 bits per heavy atom. The smallest absolute Gasteiger partial charge is 0.253 e. The van der Waals surface area contributed by atoms with Crippen molar-refractivity contribution in [2.75, 3.05) is 0 Å². The van der Waals surface area contributed by atoms with Crippen LogP contribution in [0.1, 0.15) is 15.9 Å². The molecule has 1 amide bonds. The summed E-state index contributed by atoms with van der Waals surface area (Å²) in [5, 5.41) is 3.21. The van der Waals surface area contributed by atoms with E-state index in [1.165, 1.54) is 12.1 Å². The van der Waals surface area contributed by atoms with Gasteiger partial charge in [0.2, 0.25) is 0 Å². The van der Waals surface area contributed by atoms with Gasteiger partial charge in [0.1, 0.15) is 5.82 Å². The van der Waals surface area contributed by atoms with Crippen molar-refractivity contribution in [3.05, 3.63) is 69.5 Å². The van der Waals surface area contributed by atoms with Crippen LogP contribution in [0.2, 0.25) is 10.0 Å². The van der Waals surface area contributed by atoms with Gasteiger partial charge in [-0.3, -0.25) is 4.79 Å². The molecule has 0 aliphatic carbocycles. The molecule has 2 rings (SSSR count). The van der Waals surface area contributed by atoms with Gasteiger partial charge in [-0.25, -0.2) is 4.39 Å². The number of benzene rings is 2. The summed E-state index contributed by atoms with van der Waals surface area (Å²) in [5.74, 6) is -0.822. The molecule has 0 saturated carbocycles. The minimum Gasteiger partial charge on any atom is -0.348 e. The zero-order valence-electron chi connectivity index (χ0n) is 9.79. The molecule has 0 atom stereocenters. The van der Waals surface area contributed by atoms with Gasteiger partial charge in [-0.1, -0.05) is 41.4 Å². The Bertz CT molecular complexity index is 596. The summed E-state index contributed by atoms with van der Waals surface area (Å²) in [6.45, 7) is 0.00949. The number of hydrogen-bond acceptors (Lipinski definition) is 1. The van der Waals surface area contributed by atoms with Gasteiger partial charge in [-0.05, 0) is 24.3 Å². The summed E-state index contributed by atoms with van der Waals surface area (Å²) in [6, 6.07) is 11.0. The first-order chi connectivity index (χ1) is 9.09. The third-order valence-corrected chi connectivity index (χ3v) is 3.29. The van der Waals surface area contributed by atoms with Crippen LogP contribution in [0.3, 0.4) is 0 Å². The summed E-state index contributed by atoms with van der Waals surface area (Å²) in [7, 11) is 0. The van der Waals surface area contributed by atoms with E-state index in [1.807, 2.05) is 0 Å². The molecule has 0 aliphatic rings. The average molecular weight is 298 g/mol. The van der Waals surface area contributed by atoms with E-state index in [2.05, 4.69) is 5.32 Å². The number of carbonyl (C=O) groups excluding carboxylic acids is 1. The Balaban J connectivity index is 2.11. The third-order valence-electron chi connectivity index (χ3n) is 2.61. The highest BCUT2D eigenvalue weighted by Gasteiger charge is 2.12. The summed E-state index contributed by atoms with van der Waals surface area (Å²) in [4.78, 5) is 11.9. The summed E-state index contributed by atoms with van der Waals surface area (Å²) >= 11 is 11.8. The second kappa shape index (κ2) is 6.04. The van der Waals surface area contributed by atoms with E-state index in [-0.39, 0.29) is 23.0 Å². The van der Waals surface area contributed by atoms with Crippen molar-refractivity contribution in [1.29, 1.82) is 0 Å². The predicted molar refractivity (Wildman–Crippen MR) is 74.0 cm³/mol. The predicted octanol–water partition coefficient (Wildman–Crippen LogP) is 4.06. The molecule has 0 radical (unpaired) electrons. The van der Waals surface area contributed by atoms with Crippen molar-refractivity contribution in [2.45, 2.75) is 6.54 Å². The van der Waals surface area contributed by atoms with Crippen LogP contribution in [-0.2, 0) is 6.54 Å². The molecule has 98 valence electrons. The number of halogens is 3. The Morgan fingerprint density at radius 3 is 2.42 bits per heavy atom. The van der Waals surface area contributed by atoms with E-state index in [0.717, 1.165) is 0 Å². The molecule has 0 aromatic heterocycles. The largest absolute Gasteiger partial charge is 0.348 e. The van der Waals surface area contributed by atoms with E-state index < -0.39 is 5.82 Å². The molecule has 1 N–H and O–H groups in total. The van der Waals surface area contributed by atoms with E-state index in [1.54, 1.807) is 30.3 Å². The zero-order chi connectivity index (χ0) is 13.8. The average Bonchev–Trinajstić information content (AvgIpc) is 2.38. The topological polar surface area (TPSA) is 29.1 Å². The van der Waals surface area contributed by atoms with Crippen LogP contribution in [0.4, 0.5) is 4.39 Å². The first-order valence-electron chi connectivity index (χ1n) is 5.55. The number of hydrogen-bond donors (Lipinski definition) is 1. The van der Waals surface area contributed by atoms with Gasteiger partial charge in [0.05, 0.1) is 10.6 Å². The van der Waals surface area contributed by atoms with Crippen LogP contribution in [-0.4, -0.2) is 5.91 Å². The van der Waals surface area contributed by atoms with Gasteiger partial charge in [0.15, 0.2) is 0 Å². The molecule has 0 saturated heterocycles. The van der Waals surface area contributed by atoms with Gasteiger partial charge < -0.3 is 5.32 Å². The van der Waals surface area contributed by atoms with Crippen LogP contribution in [0.15, 0.2) is 42.5 Å². The van der Waals surface area contributed by atoms with Gasteiger partial charge in [-0.2, -0.15) is 0 Å². The molecular formula is C14H10Cl2FNO. The fourth-order valence-electron chi connectivity index (χ4n) is 1.61. The minimum absolute atomic E-state index is 0.00949. The van der Waals surface area contributed by atoms with Crippen LogP contribution >= 0.6 is 23.2 Å². The monoisotopic (exact) mass is 297 g/mol. The maximum absolute atomic E-state index is 13.5. The molecule has 0 spiro atoms. The van der Waals surface area contributed by atoms with Crippen molar-refractivity contribution in [2.24, 2.45) is 0 Å². The Morgan fingerprint density at radius 2 is 1.74 bits per heavy atom. The minimum atomic E-state index is -0.452. The first kappa shape index (κ1) is 13.8. The second-order valence-electron chi connectivity index (χ2n) is 3.86. The fourth-order valence-corrected chi connectivity index (χ4v) is 2.06. The van der Waals surface area contributed by atoms with Crippen LogP contribution in [0.25, 0.3) is 0 Å². The van der Waals surface area contributed by atoms with Crippen LogP contribution in [0, 0.1) is 5.82 Å². The van der Waals surface area contributed by atoms with E-state index >= 15 is 0 Å². The number of rotatable bonds is 3. The van der Waals surface area contributed by atoms with Crippen molar-refractivity contribution in [3.63, 3.8) is 0 Å². The standard InChI is InChI=1S/C14H10Cl2FNO/c15-11-5-2-1-4-9(11)14(19)18-8-10-12(16)6-3-7-13(10)17/h1-7H,8H2,(H,18,19). The van der Waals surface area contributed by atoms with Crippen molar-refractivity contribution in [3.8, 4) is 0 Å². The van der Waals surface area contributed by atoms with Crippen molar-refractivity contribution < 1.29 is 9.18 Å². The Labute approximate surface area is 120 Å². The highest BCUT2D eigenvalue weighted by molar-refractivity contribution is 6.33. The number of nitrogens with one attached hydrogen (secondary N) is 1. The van der Waals surface area contributed by atoms with E-state index in [4.69, 9.17) is 23.2 Å². The zero-order valence-corrected chi connectivity index (χ0v) is 11.3. The molecule has 0 fully saturated rings. The van der Waals surface area contributed by atoms with Crippen LogP contribution in [0.5, 0.6) is 0 Å². The quantitative estimate of drug-likeness (QED) is 0.909. The molecule has 0 bridgehead atoms. The molecule has 0 aliphatic heterocycles. The molecular weight excluding hydrogens is 288 g/mol. The second-order valence-corrected chi connectivity index (χ2v) is 4.68. The molecule has 5 heteroatoms. The van der Waals surface area contributed by atoms with E-state index in [9.17, 15) is 9.18 Å². The molecule has 0 unspecified atom stereocenters. The summed E-state index contributed by atoms with van der Waals surface area (Å²) < 4.78 is 13.5. The van der Waals surface area contributed by atoms with Crippen molar-refractivity contribution in [1.82, 2.24) is 5.32 Å². The van der Waals surface area contributed by atoms with E-state index in [0.29, 0.717) is 10.6 Å². The highest BCUT2D eigenvalue weighted by Crippen LogP contribution is 2.19. The highest BCUT2D eigenvalue weighted by atomic mass is 35.5. The fraction of sp³-hybridized carbons (Fsp3) is 0.0714. The van der Waals surface area contributed by atoms with Crippen LogP contribution < -0.4 is 5.32 Å². The maximum Gasteiger partial charge on any atom is 0.253 e. The molecule has 2 aromatic rings. The van der Waals surface area contributed by atoms with Crippen molar-refractivity contribution >= 4 is 29.1 Å². The SMILES string of the molecule is O=C(NCc1c(F)cccc1Cl)c1ccccc1Cl. The lowest BCUT2D eigenvalue weighted by atomic mass is 10.2. The Kier molecular flexibility index (Phi) is 4.40. The lowest BCUT2D eigenvalue weighted by Crippen LogP contribution is -2.23. The van der Waals surface area contributed by atoms with Gasteiger partial charge in [-0.15, -0.1) is 0 Å². The number of carbonyl (C=O) groups is 1. The molecule has 19 heavy (non-hydrogen) atoms. The Hall–Kier alpha value is -1.58.